The molecule has 0 N–H and O–H groups in total. The first-order chi connectivity index (χ1) is 5.92. The Labute approximate surface area is 93.4 Å². The maximum absolute atomic E-state index is 9.75. The molecule has 0 aliphatic carbocycles. The third-order valence-corrected chi connectivity index (χ3v) is 0.249. The van der Waals surface area contributed by atoms with Gasteiger partial charge in [-0.05, 0) is 5.54 Å². The lowest BCUT2D eigenvalue weighted by molar-refractivity contribution is -0.135. The Morgan fingerprint density at radius 3 is 1.62 bits per heavy atom. The molecule has 0 radical (unpaired) electrons. The quantitative estimate of drug-likeness (QED) is 0.516. The third-order valence-electron chi connectivity index (χ3n) is 0.249. The molecule has 2 nitrogen and oxygen atoms in total. The van der Waals surface area contributed by atoms with Crippen molar-refractivity contribution >= 4 is 40.8 Å². The molecule has 13 heavy (non-hydrogen) atoms. The number of carbonyl (C=O) groups is 1. The number of halogens is 3. The number of hydrogen-bond acceptors (Lipinski definition) is 2. The summed E-state index contributed by atoms with van der Waals surface area (Å²) in [5.41, 5.74) is 1.22. The minimum Gasteiger partial charge on any atom is -0.435 e. The number of ether oxygens (including phenoxy) is 1. The molecule has 0 saturated heterocycles. The molecule has 76 valence electrons. The summed E-state index contributed by atoms with van der Waals surface area (Å²) in [6.07, 6.45) is 1.10. The number of rotatable bonds is 1. The molecule has 0 atom stereocenters. The number of esters is 1. The van der Waals surface area contributed by atoms with E-state index in [2.05, 4.69) is 24.5 Å². The zero-order valence-corrected chi connectivity index (χ0v) is 9.49. The van der Waals surface area contributed by atoms with Crippen LogP contribution in [0.15, 0.2) is 36.0 Å². The molecular formula is C8H11Cl3O2. The Kier molecular flexibility index (Phi) is 24.9. The first-order valence-corrected chi connectivity index (χ1v) is 4.10. The Morgan fingerprint density at radius 1 is 1.38 bits per heavy atom. The van der Waals surface area contributed by atoms with Crippen LogP contribution in [0, 0.1) is 0 Å². The highest BCUT2D eigenvalue weighted by atomic mass is 35.5. The van der Waals surface area contributed by atoms with E-state index in [-0.39, 0.29) is 10.5 Å². The van der Waals surface area contributed by atoms with E-state index < -0.39 is 0 Å². The molecule has 0 aromatic rings. The normalized spacial score (nSPS) is 6.15. The molecule has 0 aliphatic rings. The van der Waals surface area contributed by atoms with Crippen molar-refractivity contribution in [3.8, 4) is 0 Å². The van der Waals surface area contributed by atoms with Gasteiger partial charge in [0.25, 0.3) is 0 Å². The Bertz CT molecular complexity index is 163. The van der Waals surface area contributed by atoms with E-state index in [0.717, 1.165) is 6.26 Å². The van der Waals surface area contributed by atoms with Crippen molar-refractivity contribution in [2.75, 3.05) is 0 Å². The van der Waals surface area contributed by atoms with Crippen molar-refractivity contribution in [1.82, 2.24) is 0 Å². The molecule has 0 heterocycles. The second kappa shape index (κ2) is 17.6. The van der Waals surface area contributed by atoms with Gasteiger partial charge in [0.2, 0.25) is 0 Å². The van der Waals surface area contributed by atoms with Crippen LogP contribution in [0.2, 0.25) is 0 Å². The van der Waals surface area contributed by atoms with Gasteiger partial charge in [-0.1, -0.05) is 54.5 Å². The summed E-state index contributed by atoms with van der Waals surface area (Å²) in [7, 11) is 0. The van der Waals surface area contributed by atoms with Crippen LogP contribution in [-0.4, -0.2) is 5.97 Å². The van der Waals surface area contributed by atoms with E-state index >= 15 is 0 Å². The SMILES string of the molecule is C=C(Cl)Cl.C=CCl.C=COC(C)=O. The van der Waals surface area contributed by atoms with Gasteiger partial charge in [0, 0.05) is 6.92 Å². The lowest BCUT2D eigenvalue weighted by atomic mass is 10.8. The highest BCUT2D eigenvalue weighted by Crippen LogP contribution is 1.98. The van der Waals surface area contributed by atoms with Crippen LogP contribution in [0.3, 0.4) is 0 Å². The van der Waals surface area contributed by atoms with Crippen LogP contribution in [0.25, 0.3) is 0 Å². The molecular weight excluding hydrogens is 234 g/mol. The molecule has 0 spiro atoms. The Morgan fingerprint density at radius 2 is 1.62 bits per heavy atom. The van der Waals surface area contributed by atoms with Crippen molar-refractivity contribution in [2.24, 2.45) is 0 Å². The molecule has 5 heteroatoms. The first kappa shape index (κ1) is 18.4. The van der Waals surface area contributed by atoms with Gasteiger partial charge in [0.1, 0.15) is 0 Å². The van der Waals surface area contributed by atoms with E-state index in [4.69, 9.17) is 34.8 Å². The third kappa shape index (κ3) is 161. The minimum atomic E-state index is -0.329. The fraction of sp³-hybridized carbons (Fsp3) is 0.125. The molecule has 0 unspecified atom stereocenters. The van der Waals surface area contributed by atoms with Crippen molar-refractivity contribution in [3.05, 3.63) is 36.0 Å². The van der Waals surface area contributed by atoms with Crippen LogP contribution < -0.4 is 0 Å². The topological polar surface area (TPSA) is 26.3 Å². The number of carbonyl (C=O) groups excluding carboxylic acids is 1. The molecule has 0 aromatic heterocycles. The molecule has 0 fully saturated rings. The van der Waals surface area contributed by atoms with Crippen LogP contribution in [0.4, 0.5) is 0 Å². The van der Waals surface area contributed by atoms with E-state index in [1.54, 1.807) is 0 Å². The van der Waals surface area contributed by atoms with Crippen LogP contribution in [0.5, 0.6) is 0 Å². The fourth-order valence-electron chi connectivity index (χ4n) is 0.117. The predicted molar refractivity (Wildman–Crippen MR) is 58.9 cm³/mol. The van der Waals surface area contributed by atoms with Crippen molar-refractivity contribution in [1.29, 1.82) is 0 Å². The second-order valence-electron chi connectivity index (χ2n) is 1.27. The smallest absolute Gasteiger partial charge is 0.307 e. The largest absolute Gasteiger partial charge is 0.435 e. The monoisotopic (exact) mass is 244 g/mol. The molecule has 0 amide bonds. The summed E-state index contributed by atoms with van der Waals surface area (Å²) in [5, 5.41) is 0. The maximum atomic E-state index is 9.75. The molecule has 0 aliphatic heterocycles. The second-order valence-corrected chi connectivity index (χ2v) is 2.68. The van der Waals surface area contributed by atoms with E-state index in [9.17, 15) is 4.79 Å². The van der Waals surface area contributed by atoms with Gasteiger partial charge < -0.3 is 4.74 Å². The minimum absolute atomic E-state index is 0.111. The van der Waals surface area contributed by atoms with Gasteiger partial charge >= 0.3 is 5.97 Å². The average molecular weight is 246 g/mol. The Hall–Kier alpha value is -0.440. The summed E-state index contributed by atoms with van der Waals surface area (Å²) in [6, 6.07) is 0. The summed E-state index contributed by atoms with van der Waals surface area (Å²) in [4.78, 5) is 9.75. The van der Waals surface area contributed by atoms with E-state index in [1.165, 1.54) is 12.5 Å². The van der Waals surface area contributed by atoms with Crippen molar-refractivity contribution in [3.63, 3.8) is 0 Å². The van der Waals surface area contributed by atoms with Gasteiger partial charge in [-0.15, -0.1) is 0 Å². The van der Waals surface area contributed by atoms with Crippen LogP contribution in [0.1, 0.15) is 6.92 Å². The zero-order chi connectivity index (χ0) is 11.3. The van der Waals surface area contributed by atoms with E-state index in [1.807, 2.05) is 0 Å². The molecule has 0 saturated carbocycles. The summed E-state index contributed by atoms with van der Waals surface area (Å²) in [5.74, 6) is -0.329. The summed E-state index contributed by atoms with van der Waals surface area (Å²) >= 11 is 14.5. The standard InChI is InChI=1S/C4H6O2.C2H2Cl2.C2H3Cl/c1-3-6-4(2)5;1-2(3)4;1-2-3/h3H,1H2,2H3;1H2;2H,1H2. The summed E-state index contributed by atoms with van der Waals surface area (Å²) in [6.45, 7) is 10.7. The van der Waals surface area contributed by atoms with Gasteiger partial charge in [-0.25, -0.2) is 0 Å². The lowest BCUT2D eigenvalue weighted by Crippen LogP contribution is -1.87. The lowest BCUT2D eigenvalue weighted by Gasteiger charge is -1.83. The zero-order valence-electron chi connectivity index (χ0n) is 7.23. The van der Waals surface area contributed by atoms with Gasteiger partial charge in [-0.3, -0.25) is 4.79 Å². The van der Waals surface area contributed by atoms with Crippen molar-refractivity contribution in [2.45, 2.75) is 6.92 Å². The first-order valence-electron chi connectivity index (χ1n) is 2.91. The fourth-order valence-corrected chi connectivity index (χ4v) is 0.117. The summed E-state index contributed by atoms with van der Waals surface area (Å²) < 4.78 is 4.28. The predicted octanol–water partition coefficient (Wildman–Crippen LogP) is 4.00. The van der Waals surface area contributed by atoms with Crippen LogP contribution >= 0.6 is 34.8 Å². The molecule has 0 aromatic carbocycles. The van der Waals surface area contributed by atoms with Gasteiger partial charge in [0.05, 0.1) is 10.8 Å². The van der Waals surface area contributed by atoms with Gasteiger partial charge in [0.15, 0.2) is 0 Å². The van der Waals surface area contributed by atoms with Gasteiger partial charge in [-0.2, -0.15) is 0 Å². The average Bonchev–Trinajstić information content (AvgIpc) is 1.86. The Balaban J connectivity index is -0.000000125. The van der Waals surface area contributed by atoms with Crippen molar-refractivity contribution < 1.29 is 9.53 Å². The van der Waals surface area contributed by atoms with E-state index in [0.29, 0.717) is 0 Å². The number of hydrogen-bond donors (Lipinski definition) is 0. The van der Waals surface area contributed by atoms with Crippen LogP contribution in [-0.2, 0) is 9.53 Å². The highest BCUT2D eigenvalue weighted by Gasteiger charge is 1.79. The molecule has 0 rings (SSSR count). The maximum Gasteiger partial charge on any atom is 0.307 e. The molecule has 0 bridgehead atoms. The highest BCUT2D eigenvalue weighted by molar-refractivity contribution is 6.55.